The van der Waals surface area contributed by atoms with Crippen LogP contribution in [0, 0.1) is 0 Å². The molecule has 1 unspecified atom stereocenters. The van der Waals surface area contributed by atoms with Gasteiger partial charge in [0.1, 0.15) is 5.75 Å². The van der Waals surface area contributed by atoms with E-state index in [1.807, 2.05) is 19.1 Å². The van der Waals surface area contributed by atoms with Crippen LogP contribution in [0.15, 0.2) is 66.7 Å². The van der Waals surface area contributed by atoms with E-state index in [0.29, 0.717) is 31.2 Å². The average Bonchev–Trinajstić information content (AvgIpc) is 3.27. The maximum Gasteiger partial charge on any atom is 0.309 e. The number of rotatable bonds is 9. The molecule has 4 rings (SSSR count). The van der Waals surface area contributed by atoms with E-state index in [1.165, 1.54) is 34.7 Å². The van der Waals surface area contributed by atoms with E-state index < -0.39 is 0 Å². The molecule has 32 heavy (non-hydrogen) atoms. The van der Waals surface area contributed by atoms with E-state index in [4.69, 9.17) is 9.47 Å². The second-order valence-corrected chi connectivity index (χ2v) is 8.64. The molecule has 1 aliphatic rings. The summed E-state index contributed by atoms with van der Waals surface area (Å²) in [5, 5.41) is 6.51. The monoisotopic (exact) mass is 431 g/mol. The number of hydrogen-bond acceptors (Lipinski definition) is 4. The number of esters is 1. The van der Waals surface area contributed by atoms with Gasteiger partial charge in [-0.15, -0.1) is 0 Å². The van der Waals surface area contributed by atoms with Crippen molar-refractivity contribution in [3.8, 4) is 5.75 Å². The van der Waals surface area contributed by atoms with Crippen molar-refractivity contribution in [1.29, 1.82) is 0 Å². The lowest BCUT2D eigenvalue weighted by Gasteiger charge is -2.21. The molecule has 1 saturated carbocycles. The highest BCUT2D eigenvalue weighted by Gasteiger charge is 2.27. The third-order valence-electron chi connectivity index (χ3n) is 6.44. The van der Waals surface area contributed by atoms with Crippen LogP contribution in [0.4, 0.5) is 0 Å². The average molecular weight is 432 g/mol. The van der Waals surface area contributed by atoms with Gasteiger partial charge >= 0.3 is 5.97 Å². The summed E-state index contributed by atoms with van der Waals surface area (Å²) in [6.45, 7) is 4.84. The van der Waals surface area contributed by atoms with Crippen molar-refractivity contribution in [1.82, 2.24) is 5.32 Å². The molecule has 0 heterocycles. The Kier molecular flexibility index (Phi) is 7.43. The van der Waals surface area contributed by atoms with Crippen molar-refractivity contribution in [2.45, 2.75) is 57.5 Å². The Balaban J connectivity index is 1.30. The number of fused-ring (bicyclic) bond motifs is 1. The molecule has 1 N–H and O–H groups in total. The number of carbonyl (C=O) groups excluding carboxylic acids is 1. The topological polar surface area (TPSA) is 47.6 Å². The van der Waals surface area contributed by atoms with Gasteiger partial charge in [0, 0.05) is 12.1 Å². The van der Waals surface area contributed by atoms with Crippen LogP contribution >= 0.6 is 0 Å². The second-order valence-electron chi connectivity index (χ2n) is 8.64. The summed E-state index contributed by atoms with van der Waals surface area (Å²) in [4.78, 5) is 11.4. The summed E-state index contributed by atoms with van der Waals surface area (Å²) in [6, 6.07) is 24.4. The number of benzene rings is 3. The lowest BCUT2D eigenvalue weighted by molar-refractivity contribution is -0.143. The van der Waals surface area contributed by atoms with Gasteiger partial charge in [-0.2, -0.15) is 0 Å². The number of carbonyl (C=O) groups is 1. The number of ether oxygens (including phenoxy) is 2. The molecular weight excluding hydrogens is 398 g/mol. The van der Waals surface area contributed by atoms with Crippen LogP contribution in [0.3, 0.4) is 0 Å². The molecule has 3 atom stereocenters. The summed E-state index contributed by atoms with van der Waals surface area (Å²) in [5.74, 6) is 1.16. The van der Waals surface area contributed by atoms with Crippen molar-refractivity contribution >= 4 is 16.7 Å². The van der Waals surface area contributed by atoms with E-state index in [2.05, 4.69) is 66.8 Å². The third kappa shape index (κ3) is 5.49. The van der Waals surface area contributed by atoms with Gasteiger partial charge in [0.05, 0.1) is 19.6 Å². The van der Waals surface area contributed by atoms with Crippen LogP contribution in [0.5, 0.6) is 5.75 Å². The molecule has 168 valence electrons. The molecule has 3 aromatic carbocycles. The van der Waals surface area contributed by atoms with Gasteiger partial charge in [0.2, 0.25) is 0 Å². The van der Waals surface area contributed by atoms with Gasteiger partial charge < -0.3 is 14.8 Å². The fourth-order valence-electron chi connectivity index (χ4n) is 4.83. The molecule has 0 radical (unpaired) electrons. The van der Waals surface area contributed by atoms with E-state index in [9.17, 15) is 4.79 Å². The Labute approximate surface area is 190 Å². The molecule has 1 aliphatic carbocycles. The lowest BCUT2D eigenvalue weighted by atomic mass is 9.96. The van der Waals surface area contributed by atoms with E-state index in [1.54, 1.807) is 0 Å². The maximum absolute atomic E-state index is 11.4. The Bertz CT molecular complexity index is 1030. The first-order valence-corrected chi connectivity index (χ1v) is 11.8. The largest absolute Gasteiger partial charge is 0.493 e. The standard InChI is InChI=1S/C28H33NO3/c1-3-31-28(30)17-18-32-25-15-12-21(13-16-25)23-11-14-24(19-23)29-20(2)26-10-6-8-22-7-4-5-9-27(22)26/h4-10,12-13,15-16,20,23-24,29H,3,11,14,17-19H2,1-2H3/t20?,23-,24+/m1/s1. The Hall–Kier alpha value is -2.85. The summed E-state index contributed by atoms with van der Waals surface area (Å²) in [5.41, 5.74) is 2.74. The molecular formula is C28H33NO3. The first-order chi connectivity index (χ1) is 15.6. The van der Waals surface area contributed by atoms with Crippen molar-refractivity contribution in [3.05, 3.63) is 77.9 Å². The van der Waals surface area contributed by atoms with Crippen LogP contribution in [-0.4, -0.2) is 25.2 Å². The van der Waals surface area contributed by atoms with Crippen LogP contribution < -0.4 is 10.1 Å². The molecule has 1 fully saturated rings. The molecule has 0 amide bonds. The van der Waals surface area contributed by atoms with Gasteiger partial charge in [-0.3, -0.25) is 4.79 Å². The van der Waals surface area contributed by atoms with Gasteiger partial charge in [-0.1, -0.05) is 54.6 Å². The summed E-state index contributed by atoms with van der Waals surface area (Å²) in [7, 11) is 0. The van der Waals surface area contributed by atoms with Gasteiger partial charge in [-0.05, 0) is 73.1 Å². The van der Waals surface area contributed by atoms with Crippen molar-refractivity contribution in [2.24, 2.45) is 0 Å². The maximum atomic E-state index is 11.4. The van der Waals surface area contributed by atoms with Crippen molar-refractivity contribution in [3.63, 3.8) is 0 Å². The van der Waals surface area contributed by atoms with Gasteiger partial charge in [0.25, 0.3) is 0 Å². The minimum absolute atomic E-state index is 0.216. The first kappa shape index (κ1) is 22.3. The lowest BCUT2D eigenvalue weighted by Crippen LogP contribution is -2.29. The molecule has 4 heteroatoms. The molecule has 4 nitrogen and oxygen atoms in total. The fraction of sp³-hybridized carbons (Fsp3) is 0.393. The second kappa shape index (κ2) is 10.6. The highest BCUT2D eigenvalue weighted by atomic mass is 16.5. The number of hydrogen-bond donors (Lipinski definition) is 1. The zero-order chi connectivity index (χ0) is 22.3. The van der Waals surface area contributed by atoms with Crippen LogP contribution in [0.1, 0.15) is 62.6 Å². The zero-order valence-electron chi connectivity index (χ0n) is 19.1. The predicted octanol–water partition coefficient (Wildman–Crippen LogP) is 6.16. The molecule has 0 aliphatic heterocycles. The van der Waals surface area contributed by atoms with E-state index in [0.717, 1.165) is 12.2 Å². The highest BCUT2D eigenvalue weighted by Crippen LogP contribution is 2.36. The van der Waals surface area contributed by atoms with Gasteiger partial charge in [0.15, 0.2) is 0 Å². The molecule has 0 aromatic heterocycles. The first-order valence-electron chi connectivity index (χ1n) is 11.8. The highest BCUT2D eigenvalue weighted by molar-refractivity contribution is 5.86. The Morgan fingerprint density at radius 1 is 1.03 bits per heavy atom. The zero-order valence-corrected chi connectivity index (χ0v) is 19.1. The Morgan fingerprint density at radius 2 is 1.81 bits per heavy atom. The third-order valence-corrected chi connectivity index (χ3v) is 6.44. The summed E-state index contributed by atoms with van der Waals surface area (Å²) in [6.07, 6.45) is 3.82. The molecule has 0 bridgehead atoms. The Morgan fingerprint density at radius 3 is 2.62 bits per heavy atom. The minimum atomic E-state index is -0.216. The summed E-state index contributed by atoms with van der Waals surface area (Å²) >= 11 is 0. The van der Waals surface area contributed by atoms with E-state index in [-0.39, 0.29) is 12.4 Å². The quantitative estimate of drug-likeness (QED) is 0.412. The van der Waals surface area contributed by atoms with Crippen molar-refractivity contribution < 1.29 is 14.3 Å². The fourth-order valence-corrected chi connectivity index (χ4v) is 4.83. The molecule has 3 aromatic rings. The SMILES string of the molecule is CCOC(=O)CCOc1ccc([C@@H]2CC[C@H](NC(C)c3cccc4ccccc34)C2)cc1. The van der Waals surface area contributed by atoms with E-state index >= 15 is 0 Å². The van der Waals surface area contributed by atoms with Crippen LogP contribution in [0.2, 0.25) is 0 Å². The van der Waals surface area contributed by atoms with Crippen molar-refractivity contribution in [2.75, 3.05) is 13.2 Å². The molecule has 0 saturated heterocycles. The normalized spacial score (nSPS) is 19.1. The van der Waals surface area contributed by atoms with Gasteiger partial charge in [-0.25, -0.2) is 0 Å². The smallest absolute Gasteiger partial charge is 0.309 e. The van der Waals surface area contributed by atoms with Crippen LogP contribution in [0.25, 0.3) is 10.8 Å². The summed E-state index contributed by atoms with van der Waals surface area (Å²) < 4.78 is 10.6. The van der Waals surface area contributed by atoms with Crippen LogP contribution in [-0.2, 0) is 9.53 Å². The minimum Gasteiger partial charge on any atom is -0.493 e. The molecule has 0 spiro atoms. The predicted molar refractivity (Wildman–Crippen MR) is 129 cm³/mol. The number of nitrogens with one attached hydrogen (secondary N) is 1.